The van der Waals surface area contributed by atoms with Crippen molar-refractivity contribution in [1.29, 1.82) is 0 Å². The molecule has 126 valence electrons. The first-order chi connectivity index (χ1) is 11.7. The Bertz CT molecular complexity index is 715. The lowest BCUT2D eigenvalue weighted by Crippen LogP contribution is -2.38. The van der Waals surface area contributed by atoms with Crippen LogP contribution < -0.4 is 5.32 Å². The van der Waals surface area contributed by atoms with Crippen molar-refractivity contribution in [3.05, 3.63) is 35.3 Å². The molecule has 24 heavy (non-hydrogen) atoms. The normalized spacial score (nSPS) is 15.7. The largest absolute Gasteiger partial charge is 0.452 e. The summed E-state index contributed by atoms with van der Waals surface area (Å²) in [4.78, 5) is 27.9. The Kier molecular flexibility index (Phi) is 5.59. The maximum absolute atomic E-state index is 11.8. The average molecular weight is 344 g/mol. The maximum atomic E-state index is 11.8. The van der Waals surface area contributed by atoms with Crippen molar-refractivity contribution in [2.24, 2.45) is 0 Å². The number of rotatable bonds is 5. The molecule has 1 saturated carbocycles. The van der Waals surface area contributed by atoms with Gasteiger partial charge in [0.25, 0.3) is 5.91 Å². The topological polar surface area (TPSA) is 68.3 Å². The van der Waals surface area contributed by atoms with Gasteiger partial charge in [0.05, 0.1) is 10.2 Å². The molecule has 1 aromatic carbocycles. The Morgan fingerprint density at radius 1 is 1.25 bits per heavy atom. The molecular formula is C18H20N2O3S. The number of benzene rings is 1. The van der Waals surface area contributed by atoms with E-state index in [4.69, 9.17) is 4.74 Å². The molecule has 1 aromatic heterocycles. The Labute approximate surface area is 144 Å². The van der Waals surface area contributed by atoms with Crippen LogP contribution in [0.4, 0.5) is 0 Å². The standard InChI is InChI=1S/C18H20N2O3S/c21-16(19-13-6-2-1-3-7-13)12-23-18(22)11-10-17-20-14-8-4-5-9-15(14)24-17/h4-5,8-11,13H,1-3,6-7,12H2,(H,19,21)/b11-10+. The molecule has 6 heteroatoms. The van der Waals surface area contributed by atoms with Gasteiger partial charge >= 0.3 is 5.97 Å². The van der Waals surface area contributed by atoms with Gasteiger partial charge in [0.1, 0.15) is 5.01 Å². The highest BCUT2D eigenvalue weighted by Crippen LogP contribution is 2.22. The summed E-state index contributed by atoms with van der Waals surface area (Å²) in [5.41, 5.74) is 0.905. The number of fused-ring (bicyclic) bond motifs is 1. The molecule has 0 aliphatic heterocycles. The molecule has 0 radical (unpaired) electrons. The molecule has 0 spiro atoms. The van der Waals surface area contributed by atoms with Gasteiger partial charge < -0.3 is 10.1 Å². The van der Waals surface area contributed by atoms with E-state index in [0.717, 1.165) is 40.9 Å². The van der Waals surface area contributed by atoms with Crippen molar-refractivity contribution in [3.63, 3.8) is 0 Å². The van der Waals surface area contributed by atoms with Crippen LogP contribution in [0.2, 0.25) is 0 Å². The average Bonchev–Trinajstić information content (AvgIpc) is 3.02. The van der Waals surface area contributed by atoms with Gasteiger partial charge in [-0.15, -0.1) is 11.3 Å². The molecule has 3 rings (SSSR count). The zero-order valence-electron chi connectivity index (χ0n) is 13.4. The van der Waals surface area contributed by atoms with Crippen LogP contribution in [0.1, 0.15) is 37.1 Å². The van der Waals surface area contributed by atoms with Crippen LogP contribution in [0, 0.1) is 0 Å². The minimum atomic E-state index is -0.534. The van der Waals surface area contributed by atoms with Gasteiger partial charge in [-0.05, 0) is 31.1 Å². The summed E-state index contributed by atoms with van der Waals surface area (Å²) >= 11 is 1.50. The second-order valence-electron chi connectivity index (χ2n) is 5.86. The SMILES string of the molecule is O=C(COC(=O)/C=C/c1nc2ccccc2s1)NC1CCCCC1. The highest BCUT2D eigenvalue weighted by atomic mass is 32.1. The molecule has 0 unspecified atom stereocenters. The first-order valence-electron chi connectivity index (χ1n) is 8.20. The second-order valence-corrected chi connectivity index (χ2v) is 6.93. The van der Waals surface area contributed by atoms with Gasteiger partial charge in [-0.2, -0.15) is 0 Å². The van der Waals surface area contributed by atoms with Crippen molar-refractivity contribution in [2.45, 2.75) is 38.1 Å². The highest BCUT2D eigenvalue weighted by Gasteiger charge is 2.16. The molecule has 0 bridgehead atoms. The number of carbonyl (C=O) groups excluding carboxylic acids is 2. The van der Waals surface area contributed by atoms with E-state index >= 15 is 0 Å². The van der Waals surface area contributed by atoms with Crippen LogP contribution >= 0.6 is 11.3 Å². The van der Waals surface area contributed by atoms with Crippen LogP contribution in [0.15, 0.2) is 30.3 Å². The first kappa shape index (κ1) is 16.6. The van der Waals surface area contributed by atoms with E-state index in [-0.39, 0.29) is 18.6 Å². The number of nitrogens with one attached hydrogen (secondary N) is 1. The first-order valence-corrected chi connectivity index (χ1v) is 9.02. The van der Waals surface area contributed by atoms with Gasteiger partial charge in [-0.25, -0.2) is 9.78 Å². The number of hydrogen-bond acceptors (Lipinski definition) is 5. The fraction of sp³-hybridized carbons (Fsp3) is 0.389. The third kappa shape index (κ3) is 4.64. The lowest BCUT2D eigenvalue weighted by atomic mass is 9.95. The van der Waals surface area contributed by atoms with E-state index in [0.29, 0.717) is 0 Å². The second kappa shape index (κ2) is 8.06. The Morgan fingerprint density at radius 3 is 2.83 bits per heavy atom. The monoisotopic (exact) mass is 344 g/mol. The van der Waals surface area contributed by atoms with Crippen LogP contribution in [0.5, 0.6) is 0 Å². The quantitative estimate of drug-likeness (QED) is 0.667. The Balaban J connectivity index is 1.45. The zero-order chi connectivity index (χ0) is 16.8. The lowest BCUT2D eigenvalue weighted by Gasteiger charge is -2.22. The van der Waals surface area contributed by atoms with Gasteiger partial charge in [0, 0.05) is 12.1 Å². The molecule has 1 aliphatic carbocycles. The number of thiazole rings is 1. The van der Waals surface area contributed by atoms with Crippen LogP contribution in [0.3, 0.4) is 0 Å². The number of hydrogen-bond donors (Lipinski definition) is 1. The molecule has 1 fully saturated rings. The Morgan fingerprint density at radius 2 is 2.04 bits per heavy atom. The number of amides is 1. The summed E-state index contributed by atoms with van der Waals surface area (Å²) in [6, 6.07) is 8.01. The van der Waals surface area contributed by atoms with Crippen LogP contribution in [-0.2, 0) is 14.3 Å². The van der Waals surface area contributed by atoms with Crippen LogP contribution in [-0.4, -0.2) is 29.5 Å². The number of esters is 1. The van der Waals surface area contributed by atoms with Crippen molar-refractivity contribution < 1.29 is 14.3 Å². The van der Waals surface area contributed by atoms with Gasteiger partial charge in [-0.1, -0.05) is 31.4 Å². The summed E-state index contributed by atoms with van der Waals surface area (Å²) in [6.45, 7) is -0.237. The summed E-state index contributed by atoms with van der Waals surface area (Å²) in [5, 5.41) is 3.65. The predicted octanol–water partition coefficient (Wildman–Crippen LogP) is 3.30. The molecular weight excluding hydrogens is 324 g/mol. The smallest absolute Gasteiger partial charge is 0.331 e. The number of ether oxygens (including phenoxy) is 1. The molecule has 1 aliphatic rings. The molecule has 0 saturated heterocycles. The fourth-order valence-corrected chi connectivity index (χ4v) is 3.67. The number of carbonyl (C=O) groups is 2. The van der Waals surface area contributed by atoms with Crippen molar-refractivity contribution in [2.75, 3.05) is 6.61 Å². The highest BCUT2D eigenvalue weighted by molar-refractivity contribution is 7.19. The van der Waals surface area contributed by atoms with Gasteiger partial charge in [0.2, 0.25) is 0 Å². The molecule has 1 amide bonds. The predicted molar refractivity (Wildman–Crippen MR) is 94.6 cm³/mol. The van der Waals surface area contributed by atoms with Crippen molar-refractivity contribution >= 4 is 39.5 Å². The van der Waals surface area contributed by atoms with Gasteiger partial charge in [0.15, 0.2) is 6.61 Å². The van der Waals surface area contributed by atoms with E-state index in [1.807, 2.05) is 24.3 Å². The molecule has 5 nitrogen and oxygen atoms in total. The van der Waals surface area contributed by atoms with E-state index in [1.165, 1.54) is 23.8 Å². The zero-order valence-corrected chi connectivity index (χ0v) is 14.2. The Hall–Kier alpha value is -2.21. The fourth-order valence-electron chi connectivity index (χ4n) is 2.80. The van der Waals surface area contributed by atoms with E-state index in [2.05, 4.69) is 10.3 Å². The van der Waals surface area contributed by atoms with Crippen LogP contribution in [0.25, 0.3) is 16.3 Å². The summed E-state index contributed by atoms with van der Waals surface area (Å²) in [6.07, 6.45) is 8.48. The minimum Gasteiger partial charge on any atom is -0.452 e. The van der Waals surface area contributed by atoms with Crippen molar-refractivity contribution in [3.8, 4) is 0 Å². The van der Waals surface area contributed by atoms with E-state index < -0.39 is 5.97 Å². The third-order valence-corrected chi connectivity index (χ3v) is 4.99. The van der Waals surface area contributed by atoms with Crippen molar-refractivity contribution in [1.82, 2.24) is 10.3 Å². The van der Waals surface area contributed by atoms with E-state index in [9.17, 15) is 9.59 Å². The number of para-hydroxylation sites is 1. The van der Waals surface area contributed by atoms with Gasteiger partial charge in [-0.3, -0.25) is 4.79 Å². The molecule has 1 heterocycles. The number of aromatic nitrogens is 1. The maximum Gasteiger partial charge on any atom is 0.331 e. The molecule has 1 N–H and O–H groups in total. The molecule has 2 aromatic rings. The third-order valence-electron chi connectivity index (χ3n) is 3.99. The minimum absolute atomic E-state index is 0.225. The molecule has 0 atom stereocenters. The summed E-state index contributed by atoms with van der Waals surface area (Å²) in [7, 11) is 0. The number of nitrogens with zero attached hydrogens (tertiary/aromatic N) is 1. The summed E-state index contributed by atoms with van der Waals surface area (Å²) < 4.78 is 6.05. The summed E-state index contributed by atoms with van der Waals surface area (Å²) in [5.74, 6) is -0.767. The van der Waals surface area contributed by atoms with E-state index in [1.54, 1.807) is 6.08 Å². The lowest BCUT2D eigenvalue weighted by molar-refractivity contribution is -0.144.